The lowest BCUT2D eigenvalue weighted by Gasteiger charge is -2.31. The molecule has 1 aromatic carbocycles. The van der Waals surface area contributed by atoms with E-state index in [0.717, 1.165) is 51.9 Å². The first-order valence-electron chi connectivity index (χ1n) is 28.8. The van der Waals surface area contributed by atoms with Gasteiger partial charge in [-0.15, -0.1) is 45.3 Å². The van der Waals surface area contributed by atoms with Crippen LogP contribution in [-0.4, -0.2) is 165 Å². The van der Waals surface area contributed by atoms with Crippen molar-refractivity contribution in [2.75, 3.05) is 58.1 Å². The van der Waals surface area contributed by atoms with Gasteiger partial charge in [-0.05, 0) is 95.7 Å². The van der Waals surface area contributed by atoms with E-state index in [-0.39, 0.29) is 61.2 Å². The molecule has 6 rings (SSSR count). The van der Waals surface area contributed by atoms with Crippen LogP contribution in [0.1, 0.15) is 99.8 Å². The lowest BCUT2D eigenvalue weighted by molar-refractivity contribution is -0.136. The number of thiophene rings is 1. The number of nitrogens with zero attached hydrogens (tertiary/aromatic N) is 5. The summed E-state index contributed by atoms with van der Waals surface area (Å²) < 4.78 is 0. The lowest BCUT2D eigenvalue weighted by Crippen LogP contribution is -2.58. The number of nitrogens with two attached hydrogens (primary N) is 5. The van der Waals surface area contributed by atoms with Crippen LogP contribution in [0.2, 0.25) is 0 Å². The Hall–Kier alpha value is -7.30. The van der Waals surface area contributed by atoms with E-state index in [2.05, 4.69) is 57.5 Å². The van der Waals surface area contributed by atoms with Crippen molar-refractivity contribution in [1.29, 1.82) is 0 Å². The molecule has 5 aromatic heterocycles. The van der Waals surface area contributed by atoms with Crippen LogP contribution in [0.15, 0.2) is 64.0 Å². The first kappa shape index (κ1) is 69.8. The van der Waals surface area contributed by atoms with Gasteiger partial charge in [-0.2, -0.15) is 0 Å². The second kappa shape index (κ2) is 35.6. The van der Waals surface area contributed by atoms with Crippen molar-refractivity contribution in [1.82, 2.24) is 67.5 Å². The minimum atomic E-state index is -1.59. The average Bonchev–Trinajstić information content (AvgIpc) is 3.90. The molecule has 88 heavy (non-hydrogen) atoms. The predicted octanol–water partition coefficient (Wildman–Crippen LogP) is 0.169. The van der Waals surface area contributed by atoms with Crippen LogP contribution in [0.5, 0.6) is 0 Å². The molecule has 0 saturated carbocycles. The van der Waals surface area contributed by atoms with Gasteiger partial charge in [-0.1, -0.05) is 43.3 Å². The monoisotopic (exact) mass is 1290 g/mol. The van der Waals surface area contributed by atoms with Crippen LogP contribution in [0.4, 0.5) is 5.82 Å². The van der Waals surface area contributed by atoms with E-state index in [9.17, 15) is 43.8 Å². The van der Waals surface area contributed by atoms with E-state index < -0.39 is 83.8 Å². The van der Waals surface area contributed by atoms with Crippen molar-refractivity contribution in [3.63, 3.8) is 0 Å². The number of carbonyl (C=O) groups is 7. The summed E-state index contributed by atoms with van der Waals surface area (Å²) in [5.74, 6) is -6.45. The second-order valence-corrected chi connectivity index (χ2v) is 24.6. The van der Waals surface area contributed by atoms with Gasteiger partial charge in [-0.3, -0.25) is 33.6 Å². The van der Waals surface area contributed by atoms with Crippen molar-refractivity contribution in [2.24, 2.45) is 28.9 Å². The number of nitrogen functional groups attached to an aromatic ring is 1. The fraction of sp³-hybridized carbons (Fsp3) is 0.474. The SMILES string of the molecule is Cc1c(N)nc([C@H](CC(N)=O)NC[C@H](N)C(N)=O)nc1C(=O)N[C@@H](Cc1cccs1)C(=O)N[C@H](Cc1ccccc1)[C@@H](O)[C@H](C)C(=O)N[C@H](C(=O)NCCc1nc(-c2nc(-c3nc(C(=O)NCCCNCCCCNCCCN)cs3)cs2)cs1)[C@@H](C)O. The number of primary amides is 2. The Morgan fingerprint density at radius 3 is 2.03 bits per heavy atom. The fourth-order valence-corrected chi connectivity index (χ4v) is 12.0. The minimum Gasteiger partial charge on any atom is -0.391 e. The number of nitrogens with one attached hydrogen (secondary N) is 8. The van der Waals surface area contributed by atoms with Gasteiger partial charge in [0.2, 0.25) is 29.5 Å². The van der Waals surface area contributed by atoms with E-state index in [1.165, 1.54) is 66.1 Å². The molecule has 476 valence electrons. The smallest absolute Gasteiger partial charge is 0.271 e. The quantitative estimate of drug-likeness (QED) is 0.0229. The summed E-state index contributed by atoms with van der Waals surface area (Å²) in [6, 6.07) is 6.31. The molecule has 0 aliphatic carbocycles. The number of hydrogen-bond donors (Lipinski definition) is 15. The highest BCUT2D eigenvalue weighted by Gasteiger charge is 2.36. The maximum Gasteiger partial charge on any atom is 0.271 e. The summed E-state index contributed by atoms with van der Waals surface area (Å²) in [4.78, 5) is 116. The molecule has 0 saturated heterocycles. The average molecular weight is 1290 g/mol. The highest BCUT2D eigenvalue weighted by atomic mass is 32.1. The van der Waals surface area contributed by atoms with Gasteiger partial charge < -0.3 is 81.4 Å². The highest BCUT2D eigenvalue weighted by molar-refractivity contribution is 7.16. The number of unbranched alkanes of at least 4 members (excludes halogenated alkanes) is 1. The molecule has 6 aromatic rings. The Morgan fingerprint density at radius 1 is 0.670 bits per heavy atom. The van der Waals surface area contributed by atoms with Crippen molar-refractivity contribution < 1.29 is 43.8 Å². The summed E-state index contributed by atoms with van der Waals surface area (Å²) >= 11 is 5.40. The Kier molecular flexibility index (Phi) is 28.3. The molecule has 7 amide bonds. The molecule has 0 radical (unpaired) electrons. The lowest BCUT2D eigenvalue weighted by atomic mass is 9.91. The van der Waals surface area contributed by atoms with Crippen molar-refractivity contribution >= 4 is 92.5 Å². The number of anilines is 1. The first-order valence-corrected chi connectivity index (χ1v) is 32.3. The van der Waals surface area contributed by atoms with Crippen molar-refractivity contribution in [2.45, 2.75) is 115 Å². The van der Waals surface area contributed by atoms with Gasteiger partial charge in [-0.25, -0.2) is 24.9 Å². The molecule has 0 bridgehead atoms. The maximum atomic E-state index is 14.6. The van der Waals surface area contributed by atoms with E-state index in [0.29, 0.717) is 62.1 Å². The number of carbonyl (C=O) groups excluding carboxylic acids is 7. The zero-order chi connectivity index (χ0) is 63.7. The van der Waals surface area contributed by atoms with Gasteiger partial charge in [0.25, 0.3) is 11.8 Å². The molecule has 0 aliphatic rings. The zero-order valence-electron chi connectivity index (χ0n) is 49.3. The van der Waals surface area contributed by atoms with E-state index in [1.54, 1.807) is 53.2 Å². The summed E-state index contributed by atoms with van der Waals surface area (Å²) in [7, 11) is 0. The molecular formula is C57H80N18O9S4. The Labute approximate surface area is 526 Å². The molecule has 5 heterocycles. The van der Waals surface area contributed by atoms with Crippen LogP contribution >= 0.6 is 45.3 Å². The number of hydrogen-bond acceptors (Lipinski definition) is 24. The third kappa shape index (κ3) is 21.8. The van der Waals surface area contributed by atoms with Gasteiger partial charge in [0.15, 0.2) is 0 Å². The van der Waals surface area contributed by atoms with Crippen LogP contribution in [0, 0.1) is 12.8 Å². The molecule has 8 atom stereocenters. The number of aromatic nitrogens is 5. The summed E-state index contributed by atoms with van der Waals surface area (Å²) in [6.45, 7) is 9.00. The summed E-state index contributed by atoms with van der Waals surface area (Å²) in [6.07, 6.45) is 0.905. The number of rotatable bonds is 39. The molecular weight excluding hydrogens is 1210 g/mol. The molecule has 0 spiro atoms. The van der Waals surface area contributed by atoms with E-state index in [1.807, 2.05) is 10.8 Å². The van der Waals surface area contributed by atoms with Crippen LogP contribution in [0.25, 0.3) is 21.4 Å². The number of benzene rings is 1. The van der Waals surface area contributed by atoms with Crippen molar-refractivity contribution in [3.8, 4) is 21.4 Å². The molecule has 0 aliphatic heterocycles. The highest BCUT2D eigenvalue weighted by Crippen LogP contribution is 2.31. The van der Waals surface area contributed by atoms with Crippen LogP contribution < -0.4 is 71.2 Å². The number of thiazole rings is 3. The maximum absolute atomic E-state index is 14.6. The number of amides is 7. The largest absolute Gasteiger partial charge is 0.391 e. The Balaban J connectivity index is 1.04. The first-order chi connectivity index (χ1) is 42.2. The summed E-state index contributed by atoms with van der Waals surface area (Å²) in [5.41, 5.74) is 30.6. The van der Waals surface area contributed by atoms with E-state index >= 15 is 0 Å². The normalized spacial score (nSPS) is 14.1. The van der Waals surface area contributed by atoms with Gasteiger partial charge in [0.1, 0.15) is 56.5 Å². The molecule has 27 nitrogen and oxygen atoms in total. The second-order valence-electron chi connectivity index (χ2n) is 20.9. The molecule has 0 fully saturated rings. The van der Waals surface area contributed by atoms with Gasteiger partial charge in [0.05, 0.1) is 41.3 Å². The third-order valence-electron chi connectivity index (χ3n) is 13.9. The predicted molar refractivity (Wildman–Crippen MR) is 340 cm³/mol. The number of aliphatic hydroxyl groups is 2. The number of aliphatic hydroxyl groups excluding tert-OH is 2. The van der Waals surface area contributed by atoms with Gasteiger partial charge in [0, 0.05) is 65.5 Å². The standard InChI is InChI=1S/C57H80N18O9S4/c1-31-45(73-50(75-48(31)61)38(26-43(60)77)67-27-36(59)49(62)79)55(84)70-39(25-35-14-9-23-85-35)53(82)69-37(24-34-12-5-4-6-13-34)47(78)32(2)51(80)74-46(33(3)76)54(83)66-22-15-44-68-41(29-86-44)56-72-42(30-88-56)57-71-40(28-87-57)52(81)65-21-11-20-64-18-8-7-17-63-19-10-16-58/h4-6,9,12-14,23,28-30,32-33,36-39,46-47,63-64,67,76,78H,7-8,10-11,15-22,24-27,58-59H2,1-3H3,(H2,60,77)(H2,62,79)(H,65,81)(H,66,83)(H,69,82)(H,70,84)(H,74,80)(H2,61,73,75)/t32-,33+,36-,37+,38-,39-,46-,47-/m0/s1. The Bertz CT molecular complexity index is 3220. The molecule has 31 heteroatoms. The Morgan fingerprint density at radius 2 is 1.35 bits per heavy atom. The fourth-order valence-electron chi connectivity index (χ4n) is 8.82. The minimum absolute atomic E-state index is 0.0156. The third-order valence-corrected chi connectivity index (χ3v) is 17.5. The molecule has 0 unspecified atom stereocenters. The van der Waals surface area contributed by atoms with Crippen LogP contribution in [-0.2, 0) is 43.2 Å². The van der Waals surface area contributed by atoms with Crippen LogP contribution in [0.3, 0.4) is 0 Å². The summed E-state index contributed by atoms with van der Waals surface area (Å²) in [5, 5.41) is 55.5. The zero-order valence-corrected chi connectivity index (χ0v) is 52.6. The molecule has 20 N–H and O–H groups in total. The van der Waals surface area contributed by atoms with Crippen molar-refractivity contribution in [3.05, 3.63) is 102 Å². The van der Waals surface area contributed by atoms with Gasteiger partial charge >= 0.3 is 0 Å². The topological polar surface area (TPSA) is 451 Å². The van der Waals surface area contributed by atoms with E-state index in [4.69, 9.17) is 38.6 Å².